The molecule has 8 atom stereocenters. The fraction of sp³-hybridized carbons (Fsp3) is 0.867. The number of allylic oxidation sites excluding steroid dienone is 4. The molecule has 0 aliphatic heterocycles. The van der Waals surface area contributed by atoms with Gasteiger partial charge < -0.3 is 5.11 Å². The molecule has 3 fully saturated rings. The molecule has 4 aliphatic carbocycles. The van der Waals surface area contributed by atoms with Crippen molar-refractivity contribution in [3.05, 3.63) is 23.3 Å². The second kappa shape index (κ2) is 9.36. The Hall–Kier alpha value is -0.560. The van der Waals surface area contributed by atoms with Gasteiger partial charge in [-0.3, -0.25) is 0 Å². The maximum atomic E-state index is 9.35. The molecule has 0 spiro atoms. The lowest BCUT2D eigenvalue weighted by atomic mass is 9.46. The molecule has 0 amide bonds. The highest BCUT2D eigenvalue weighted by Crippen LogP contribution is 2.68. The van der Waals surface area contributed by atoms with Crippen LogP contribution in [0, 0.1) is 46.3 Å². The summed E-state index contributed by atoms with van der Waals surface area (Å²) in [7, 11) is 0. The first-order valence-corrected chi connectivity index (χ1v) is 13.8. The highest BCUT2D eigenvalue weighted by molar-refractivity contribution is 5.34. The van der Waals surface area contributed by atoms with Gasteiger partial charge in [-0.2, -0.15) is 0 Å². The van der Waals surface area contributed by atoms with E-state index >= 15 is 0 Å². The molecule has 0 aromatic carbocycles. The van der Waals surface area contributed by atoms with Crippen LogP contribution in [-0.4, -0.2) is 11.7 Å². The van der Waals surface area contributed by atoms with Gasteiger partial charge in [-0.1, -0.05) is 70.8 Å². The van der Waals surface area contributed by atoms with Crippen LogP contribution in [0.3, 0.4) is 0 Å². The summed E-state index contributed by atoms with van der Waals surface area (Å²) in [6, 6.07) is 0. The Bertz CT molecular complexity index is 689. The minimum atomic E-state index is 0.353. The van der Waals surface area contributed by atoms with Crippen LogP contribution in [-0.2, 0) is 0 Å². The SMILES string of the molecule is CC/C=C1\C=C2CCC3C4CCC([C@H](C)CCC[C@H](C)CO)[C@@]4(C)CCC3[C@@]2(C)CC1. The van der Waals surface area contributed by atoms with Crippen molar-refractivity contribution in [2.75, 3.05) is 6.61 Å². The molecule has 1 nitrogen and oxygen atoms in total. The standard InChI is InChI=1S/C30H50O/c1-6-8-23-15-17-29(4)24(19-23)11-12-25-27-14-13-26(30(27,5)18-16-28(25)29)22(3)10-7-9-21(2)20-31/h8,19,21-22,25-28,31H,6-7,9-18,20H2,1-5H3/b23-8-/t21-,22+,25?,26?,27?,28?,29-,30+/m0/s1. The van der Waals surface area contributed by atoms with Crippen LogP contribution in [0.1, 0.15) is 112 Å². The molecule has 0 aromatic rings. The molecule has 176 valence electrons. The van der Waals surface area contributed by atoms with Crippen molar-refractivity contribution >= 4 is 0 Å². The van der Waals surface area contributed by atoms with E-state index in [4.69, 9.17) is 0 Å². The molecule has 1 N–H and O–H groups in total. The molecule has 4 aliphatic rings. The van der Waals surface area contributed by atoms with Gasteiger partial charge in [0.1, 0.15) is 0 Å². The average molecular weight is 427 g/mol. The summed E-state index contributed by atoms with van der Waals surface area (Å²) < 4.78 is 0. The van der Waals surface area contributed by atoms with Crippen molar-refractivity contribution in [3.63, 3.8) is 0 Å². The van der Waals surface area contributed by atoms with E-state index < -0.39 is 0 Å². The molecule has 0 saturated heterocycles. The van der Waals surface area contributed by atoms with E-state index in [1.54, 1.807) is 5.57 Å². The Balaban J connectivity index is 1.46. The molecule has 3 saturated carbocycles. The third-order valence-electron chi connectivity index (χ3n) is 10.9. The fourth-order valence-corrected chi connectivity index (χ4v) is 9.09. The van der Waals surface area contributed by atoms with Gasteiger partial charge in [0.2, 0.25) is 0 Å². The molecule has 31 heavy (non-hydrogen) atoms. The second-order valence-electron chi connectivity index (χ2n) is 12.6. The lowest BCUT2D eigenvalue weighted by molar-refractivity contribution is -0.0581. The maximum absolute atomic E-state index is 9.35. The lowest BCUT2D eigenvalue weighted by Crippen LogP contribution is -2.50. The maximum Gasteiger partial charge on any atom is 0.0456 e. The third-order valence-corrected chi connectivity index (χ3v) is 10.9. The van der Waals surface area contributed by atoms with Gasteiger partial charge in [0.25, 0.3) is 0 Å². The topological polar surface area (TPSA) is 20.2 Å². The number of aliphatic hydroxyl groups excluding tert-OH is 1. The van der Waals surface area contributed by atoms with Crippen LogP contribution in [0.25, 0.3) is 0 Å². The summed E-state index contributed by atoms with van der Waals surface area (Å²) in [5, 5.41) is 9.35. The monoisotopic (exact) mass is 426 g/mol. The summed E-state index contributed by atoms with van der Waals surface area (Å²) in [5.74, 6) is 5.14. The molecule has 0 aromatic heterocycles. The molecule has 0 bridgehead atoms. The number of rotatable bonds is 7. The van der Waals surface area contributed by atoms with Crippen LogP contribution in [0.2, 0.25) is 0 Å². The van der Waals surface area contributed by atoms with Crippen molar-refractivity contribution < 1.29 is 5.11 Å². The molecule has 4 unspecified atom stereocenters. The molecule has 0 heterocycles. The van der Waals surface area contributed by atoms with E-state index in [-0.39, 0.29) is 0 Å². The summed E-state index contributed by atoms with van der Waals surface area (Å²) in [6.45, 7) is 12.7. The van der Waals surface area contributed by atoms with E-state index in [1.165, 1.54) is 77.0 Å². The molecule has 1 heteroatoms. The highest BCUT2D eigenvalue weighted by Gasteiger charge is 2.59. The van der Waals surface area contributed by atoms with Crippen LogP contribution in [0.15, 0.2) is 23.3 Å². The van der Waals surface area contributed by atoms with Gasteiger partial charge in [-0.25, -0.2) is 0 Å². The second-order valence-corrected chi connectivity index (χ2v) is 12.6. The smallest absolute Gasteiger partial charge is 0.0456 e. The van der Waals surface area contributed by atoms with Crippen molar-refractivity contribution in [2.45, 2.75) is 112 Å². The molecular weight excluding hydrogens is 376 g/mol. The zero-order chi connectivity index (χ0) is 22.2. The van der Waals surface area contributed by atoms with Gasteiger partial charge >= 0.3 is 0 Å². The lowest BCUT2D eigenvalue weighted by Gasteiger charge is -2.59. The van der Waals surface area contributed by atoms with Gasteiger partial charge in [0.05, 0.1) is 0 Å². The zero-order valence-corrected chi connectivity index (χ0v) is 21.3. The summed E-state index contributed by atoms with van der Waals surface area (Å²) in [6.07, 6.45) is 21.6. The summed E-state index contributed by atoms with van der Waals surface area (Å²) in [5.41, 5.74) is 4.51. The Morgan fingerprint density at radius 2 is 1.84 bits per heavy atom. The molecular formula is C30H50O. The largest absolute Gasteiger partial charge is 0.396 e. The minimum Gasteiger partial charge on any atom is -0.396 e. The predicted octanol–water partition coefficient (Wildman–Crippen LogP) is 8.34. The average Bonchev–Trinajstić information content (AvgIpc) is 3.11. The van der Waals surface area contributed by atoms with Gasteiger partial charge in [-0.15, -0.1) is 0 Å². The van der Waals surface area contributed by atoms with Gasteiger partial charge in [0.15, 0.2) is 0 Å². The first-order valence-electron chi connectivity index (χ1n) is 13.8. The number of fused-ring (bicyclic) bond motifs is 5. The van der Waals surface area contributed by atoms with Crippen LogP contribution in [0.4, 0.5) is 0 Å². The van der Waals surface area contributed by atoms with E-state index in [9.17, 15) is 5.11 Å². The van der Waals surface area contributed by atoms with Crippen molar-refractivity contribution in [1.82, 2.24) is 0 Å². The van der Waals surface area contributed by atoms with E-state index in [0.717, 1.165) is 29.6 Å². The van der Waals surface area contributed by atoms with Gasteiger partial charge in [0, 0.05) is 6.61 Å². The van der Waals surface area contributed by atoms with Gasteiger partial charge in [-0.05, 0) is 111 Å². The Morgan fingerprint density at radius 1 is 1.03 bits per heavy atom. The quantitative estimate of drug-likeness (QED) is 0.434. The minimum absolute atomic E-state index is 0.353. The molecule has 4 rings (SSSR count). The Labute approximate surface area is 193 Å². The van der Waals surface area contributed by atoms with Crippen LogP contribution < -0.4 is 0 Å². The number of aliphatic hydroxyl groups is 1. The van der Waals surface area contributed by atoms with Crippen molar-refractivity contribution in [3.8, 4) is 0 Å². The number of hydrogen-bond donors (Lipinski definition) is 1. The van der Waals surface area contributed by atoms with E-state index in [1.807, 2.05) is 5.57 Å². The molecule has 0 radical (unpaired) electrons. The Kier molecular flexibility index (Phi) is 7.12. The summed E-state index contributed by atoms with van der Waals surface area (Å²) >= 11 is 0. The van der Waals surface area contributed by atoms with Crippen LogP contribution >= 0.6 is 0 Å². The summed E-state index contributed by atoms with van der Waals surface area (Å²) in [4.78, 5) is 0. The normalized spacial score (nSPS) is 43.0. The number of hydrogen-bond acceptors (Lipinski definition) is 1. The zero-order valence-electron chi connectivity index (χ0n) is 21.3. The Morgan fingerprint density at radius 3 is 2.58 bits per heavy atom. The van der Waals surface area contributed by atoms with Crippen molar-refractivity contribution in [1.29, 1.82) is 0 Å². The third kappa shape index (κ3) is 4.22. The highest BCUT2D eigenvalue weighted by atomic mass is 16.3. The van der Waals surface area contributed by atoms with Crippen molar-refractivity contribution in [2.24, 2.45) is 46.3 Å². The predicted molar refractivity (Wildman–Crippen MR) is 133 cm³/mol. The van der Waals surface area contributed by atoms with Crippen LogP contribution in [0.5, 0.6) is 0 Å². The first kappa shape index (κ1) is 23.6. The van der Waals surface area contributed by atoms with E-state index in [0.29, 0.717) is 23.4 Å². The fourth-order valence-electron chi connectivity index (χ4n) is 9.09. The van der Waals surface area contributed by atoms with E-state index in [2.05, 4.69) is 46.8 Å². The first-order chi connectivity index (χ1) is 14.8.